The third kappa shape index (κ3) is 5.61. The molecule has 0 saturated heterocycles. The van der Waals surface area contributed by atoms with Crippen LogP contribution in [-0.2, 0) is 0 Å². The van der Waals surface area contributed by atoms with Crippen molar-refractivity contribution in [3.05, 3.63) is 34.3 Å². The van der Waals surface area contributed by atoms with Gasteiger partial charge in [0.15, 0.2) is 0 Å². The lowest BCUT2D eigenvalue weighted by Gasteiger charge is -2.32. The highest BCUT2D eigenvalue weighted by molar-refractivity contribution is 9.10. The van der Waals surface area contributed by atoms with Gasteiger partial charge in [-0.15, -0.1) is 0 Å². The molecule has 1 aromatic rings. The molecule has 108 valence electrons. The molecule has 0 aliphatic rings. The Hall–Kier alpha value is -0.420. The minimum absolute atomic E-state index is 0.0553. The number of aliphatic hydroxyl groups excluding tert-OH is 2. The molecule has 1 aromatic carbocycles. The average Bonchev–Trinajstić information content (AvgIpc) is 2.32. The fraction of sp³-hybridized carbons (Fsp3) is 0.600. The summed E-state index contributed by atoms with van der Waals surface area (Å²) in [4.78, 5) is 0. The van der Waals surface area contributed by atoms with Crippen LogP contribution in [0.25, 0.3) is 0 Å². The van der Waals surface area contributed by atoms with Gasteiger partial charge in [-0.05, 0) is 29.5 Å². The molecular weight excluding hydrogens is 306 g/mol. The van der Waals surface area contributed by atoms with Crippen molar-refractivity contribution in [3.63, 3.8) is 0 Å². The van der Waals surface area contributed by atoms with E-state index in [1.54, 1.807) is 0 Å². The molecule has 3 N–H and O–H groups in total. The van der Waals surface area contributed by atoms with E-state index in [-0.39, 0.29) is 18.1 Å². The van der Waals surface area contributed by atoms with Gasteiger partial charge in [-0.3, -0.25) is 0 Å². The molecule has 0 amide bonds. The van der Waals surface area contributed by atoms with Gasteiger partial charge in [0.1, 0.15) is 0 Å². The maximum atomic E-state index is 10.2. The second kappa shape index (κ2) is 7.39. The van der Waals surface area contributed by atoms with Gasteiger partial charge in [0.25, 0.3) is 0 Å². The standard InChI is InChI=1S/C15H24BrNO2/c1-15(2,3)14(7-8-18)17-10-13(19)11-5-4-6-12(16)9-11/h4-6,9,13-14,17-19H,7-8,10H2,1-3H3. The van der Waals surface area contributed by atoms with Crippen LogP contribution in [0.1, 0.15) is 38.9 Å². The van der Waals surface area contributed by atoms with Crippen LogP contribution in [0.3, 0.4) is 0 Å². The van der Waals surface area contributed by atoms with Crippen LogP contribution in [0.2, 0.25) is 0 Å². The van der Waals surface area contributed by atoms with Crippen molar-refractivity contribution >= 4 is 15.9 Å². The second-order valence-corrected chi connectivity index (χ2v) is 6.83. The molecule has 0 radical (unpaired) electrons. The Bertz CT molecular complexity index is 390. The van der Waals surface area contributed by atoms with Crippen molar-refractivity contribution in [2.75, 3.05) is 13.2 Å². The summed E-state index contributed by atoms with van der Waals surface area (Å²) in [5.41, 5.74) is 0.943. The average molecular weight is 330 g/mol. The topological polar surface area (TPSA) is 52.5 Å². The van der Waals surface area contributed by atoms with Gasteiger partial charge in [-0.2, -0.15) is 0 Å². The lowest BCUT2D eigenvalue weighted by Crippen LogP contribution is -2.42. The Morgan fingerprint density at radius 2 is 2.00 bits per heavy atom. The lowest BCUT2D eigenvalue weighted by atomic mass is 9.85. The Balaban J connectivity index is 2.59. The molecule has 0 aliphatic heterocycles. The summed E-state index contributed by atoms with van der Waals surface area (Å²) in [6.45, 7) is 7.03. The quantitative estimate of drug-likeness (QED) is 0.752. The summed E-state index contributed by atoms with van der Waals surface area (Å²) in [6, 6.07) is 7.87. The molecule has 0 aliphatic carbocycles. The van der Waals surface area contributed by atoms with Gasteiger partial charge in [0.05, 0.1) is 6.10 Å². The first-order valence-electron chi connectivity index (χ1n) is 6.62. The van der Waals surface area contributed by atoms with E-state index in [1.807, 2.05) is 24.3 Å². The SMILES string of the molecule is CC(C)(C)C(CCO)NCC(O)c1cccc(Br)c1. The zero-order valence-corrected chi connectivity index (χ0v) is 13.4. The van der Waals surface area contributed by atoms with Crippen LogP contribution < -0.4 is 5.32 Å². The number of hydrogen-bond donors (Lipinski definition) is 3. The lowest BCUT2D eigenvalue weighted by molar-refractivity contribution is 0.142. The van der Waals surface area contributed by atoms with Gasteiger partial charge in [0.2, 0.25) is 0 Å². The van der Waals surface area contributed by atoms with Crippen molar-refractivity contribution in [1.29, 1.82) is 0 Å². The van der Waals surface area contributed by atoms with Gasteiger partial charge in [-0.25, -0.2) is 0 Å². The van der Waals surface area contributed by atoms with Gasteiger partial charge >= 0.3 is 0 Å². The number of nitrogens with one attached hydrogen (secondary N) is 1. The van der Waals surface area contributed by atoms with Gasteiger partial charge in [-0.1, -0.05) is 48.8 Å². The number of aliphatic hydroxyl groups is 2. The predicted octanol–water partition coefficient (Wildman–Crippen LogP) is 2.87. The molecule has 3 nitrogen and oxygen atoms in total. The summed E-state index contributed by atoms with van der Waals surface area (Å²) in [6.07, 6.45) is 0.148. The fourth-order valence-corrected chi connectivity index (χ4v) is 2.47. The van der Waals surface area contributed by atoms with Crippen molar-refractivity contribution in [2.45, 2.75) is 39.3 Å². The Labute approximate surface area is 124 Å². The summed E-state index contributed by atoms with van der Waals surface area (Å²) in [5, 5.41) is 22.6. The zero-order chi connectivity index (χ0) is 14.5. The monoisotopic (exact) mass is 329 g/mol. The molecule has 0 bridgehead atoms. The van der Waals surface area contributed by atoms with E-state index >= 15 is 0 Å². The smallest absolute Gasteiger partial charge is 0.0914 e. The third-order valence-electron chi connectivity index (χ3n) is 3.25. The first kappa shape index (κ1) is 16.6. The molecule has 4 heteroatoms. The highest BCUT2D eigenvalue weighted by Gasteiger charge is 2.24. The third-order valence-corrected chi connectivity index (χ3v) is 3.75. The molecule has 0 heterocycles. The number of halogens is 1. The molecular formula is C15H24BrNO2. The van der Waals surface area contributed by atoms with E-state index in [4.69, 9.17) is 5.11 Å². The predicted molar refractivity (Wildman–Crippen MR) is 82.1 cm³/mol. The van der Waals surface area contributed by atoms with Crippen LogP contribution in [0.4, 0.5) is 0 Å². The minimum atomic E-state index is -0.541. The van der Waals surface area contributed by atoms with Crippen LogP contribution in [0, 0.1) is 5.41 Å². The van der Waals surface area contributed by atoms with Crippen LogP contribution >= 0.6 is 15.9 Å². The van der Waals surface area contributed by atoms with Crippen LogP contribution in [-0.4, -0.2) is 29.4 Å². The largest absolute Gasteiger partial charge is 0.396 e. The zero-order valence-electron chi connectivity index (χ0n) is 11.9. The van der Waals surface area contributed by atoms with Crippen molar-refractivity contribution in [2.24, 2.45) is 5.41 Å². The molecule has 19 heavy (non-hydrogen) atoms. The van der Waals surface area contributed by atoms with E-state index in [9.17, 15) is 5.11 Å². The number of rotatable bonds is 6. The van der Waals surface area contributed by atoms with E-state index in [0.717, 1.165) is 10.0 Å². The van der Waals surface area contributed by atoms with Crippen LogP contribution in [0.15, 0.2) is 28.7 Å². The van der Waals surface area contributed by atoms with Gasteiger partial charge < -0.3 is 15.5 Å². The normalized spacial score (nSPS) is 15.3. The van der Waals surface area contributed by atoms with Crippen molar-refractivity contribution in [3.8, 4) is 0 Å². The van der Waals surface area contributed by atoms with E-state index in [2.05, 4.69) is 42.0 Å². The molecule has 0 fully saturated rings. The first-order valence-corrected chi connectivity index (χ1v) is 7.41. The second-order valence-electron chi connectivity index (χ2n) is 5.91. The summed E-state index contributed by atoms with van der Waals surface area (Å²) in [7, 11) is 0. The van der Waals surface area contributed by atoms with Crippen molar-refractivity contribution in [1.82, 2.24) is 5.32 Å². The molecule has 0 saturated carbocycles. The molecule has 0 spiro atoms. The molecule has 2 unspecified atom stereocenters. The van der Waals surface area contributed by atoms with Crippen LogP contribution in [0.5, 0.6) is 0 Å². The molecule has 1 rings (SSSR count). The highest BCUT2D eigenvalue weighted by Crippen LogP contribution is 2.23. The maximum Gasteiger partial charge on any atom is 0.0914 e. The van der Waals surface area contributed by atoms with Gasteiger partial charge in [0, 0.05) is 23.7 Å². The molecule has 2 atom stereocenters. The van der Waals surface area contributed by atoms with E-state index < -0.39 is 6.10 Å². The number of benzene rings is 1. The van der Waals surface area contributed by atoms with Crippen molar-refractivity contribution < 1.29 is 10.2 Å². The Morgan fingerprint density at radius 3 is 2.53 bits per heavy atom. The molecule has 0 aromatic heterocycles. The summed E-state index contributed by atoms with van der Waals surface area (Å²) in [5.74, 6) is 0. The Kier molecular flexibility index (Phi) is 6.47. The Morgan fingerprint density at radius 1 is 1.32 bits per heavy atom. The number of hydrogen-bond acceptors (Lipinski definition) is 3. The van der Waals surface area contributed by atoms with E-state index in [0.29, 0.717) is 13.0 Å². The first-order chi connectivity index (χ1) is 8.84. The highest BCUT2D eigenvalue weighted by atomic mass is 79.9. The summed E-state index contributed by atoms with van der Waals surface area (Å²) >= 11 is 3.40. The minimum Gasteiger partial charge on any atom is -0.396 e. The maximum absolute atomic E-state index is 10.2. The summed E-state index contributed by atoms with van der Waals surface area (Å²) < 4.78 is 0.965. The van der Waals surface area contributed by atoms with E-state index in [1.165, 1.54) is 0 Å². The fourth-order valence-electron chi connectivity index (χ4n) is 2.06.